The minimum atomic E-state index is -1.20. The first kappa shape index (κ1) is 26.1. The van der Waals surface area contributed by atoms with E-state index >= 15 is 0 Å². The number of carbonyl (C=O) groups excluding carboxylic acids is 2. The number of carbonyl (C=O) groups is 2. The second kappa shape index (κ2) is 9.97. The zero-order chi connectivity index (χ0) is 26.5. The van der Waals surface area contributed by atoms with Crippen molar-refractivity contribution in [2.45, 2.75) is 70.6 Å². The maximum Gasteiger partial charge on any atom is 0.256 e. The Morgan fingerprint density at radius 2 is 1.86 bits per heavy atom. The fraction of sp³-hybridized carbons (Fsp3) is 0.519. The summed E-state index contributed by atoms with van der Waals surface area (Å²) in [6.07, 6.45) is 3.41. The lowest BCUT2D eigenvalue weighted by Gasteiger charge is -2.41. The number of halogens is 2. The van der Waals surface area contributed by atoms with Crippen LogP contribution in [0.2, 0.25) is 10.0 Å². The Kier molecular flexibility index (Phi) is 7.02. The first-order valence-corrected chi connectivity index (χ1v) is 13.5. The van der Waals surface area contributed by atoms with E-state index in [2.05, 4.69) is 4.98 Å². The number of aromatic nitrogens is 1. The molecule has 0 unspecified atom stereocenters. The number of nitrogens with one attached hydrogen (secondary N) is 1. The van der Waals surface area contributed by atoms with Gasteiger partial charge in [0.1, 0.15) is 17.5 Å². The predicted octanol–water partition coefficient (Wildman–Crippen LogP) is 3.78. The average molecular weight is 548 g/mol. The molecule has 198 valence electrons. The number of fused-ring (bicyclic) bond motifs is 1. The second-order valence-electron chi connectivity index (χ2n) is 10.4. The van der Waals surface area contributed by atoms with Crippen LogP contribution in [0.3, 0.4) is 0 Å². The third-order valence-corrected chi connectivity index (χ3v) is 8.57. The Balaban J connectivity index is 1.31. The first-order valence-electron chi connectivity index (χ1n) is 12.8. The SMILES string of the molecule is Cc1cc(C)c(CN2CCc3c(Cl)cc(OC4CCN(C(=O)C5(O)CCC5)CC4)c(Cl)c3C2=O)c(=O)[nH]1. The lowest BCUT2D eigenvalue weighted by Crippen LogP contribution is -2.55. The Labute approximate surface area is 225 Å². The van der Waals surface area contributed by atoms with Crippen molar-refractivity contribution in [1.29, 1.82) is 0 Å². The molecule has 8 nitrogen and oxygen atoms in total. The van der Waals surface area contributed by atoms with Gasteiger partial charge in [0.05, 0.1) is 17.1 Å². The van der Waals surface area contributed by atoms with Crippen molar-refractivity contribution in [2.75, 3.05) is 19.6 Å². The molecular formula is C27H31Cl2N3O5. The van der Waals surface area contributed by atoms with Crippen molar-refractivity contribution in [3.8, 4) is 5.75 Å². The maximum atomic E-state index is 13.5. The zero-order valence-electron chi connectivity index (χ0n) is 21.0. The Hall–Kier alpha value is -2.55. The number of H-pyrrole nitrogens is 1. The number of pyridine rings is 1. The largest absolute Gasteiger partial charge is 0.489 e. The van der Waals surface area contributed by atoms with Crippen LogP contribution in [0.4, 0.5) is 0 Å². The Morgan fingerprint density at radius 3 is 2.49 bits per heavy atom. The molecule has 1 saturated heterocycles. The van der Waals surface area contributed by atoms with Crippen LogP contribution in [0.5, 0.6) is 5.75 Å². The molecule has 2 aromatic rings. The minimum absolute atomic E-state index is 0.178. The van der Waals surface area contributed by atoms with Crippen molar-refractivity contribution in [3.63, 3.8) is 0 Å². The van der Waals surface area contributed by atoms with Gasteiger partial charge in [-0.2, -0.15) is 0 Å². The van der Waals surface area contributed by atoms with Gasteiger partial charge in [0, 0.05) is 54.8 Å². The molecule has 3 aliphatic rings. The van der Waals surface area contributed by atoms with E-state index in [0.717, 1.165) is 17.7 Å². The standard InChI is InChI=1S/C27H31Cl2N3O5/c1-15-12-16(2)30-24(33)19(15)14-32-11-6-18-20(28)13-21(23(29)22(18)25(32)34)37-17-4-9-31(10-5-17)26(35)27(36)7-3-8-27/h12-13,17,36H,3-11,14H2,1-2H3,(H,30,33). The Bertz CT molecular complexity index is 1310. The van der Waals surface area contributed by atoms with Crippen LogP contribution < -0.4 is 10.3 Å². The highest BCUT2D eigenvalue weighted by Gasteiger charge is 2.45. The molecule has 2 N–H and O–H groups in total. The molecule has 1 aromatic carbocycles. The summed E-state index contributed by atoms with van der Waals surface area (Å²) in [6, 6.07) is 3.55. The number of benzene rings is 1. The highest BCUT2D eigenvalue weighted by atomic mass is 35.5. The molecule has 1 saturated carbocycles. The van der Waals surface area contributed by atoms with Crippen LogP contribution >= 0.6 is 23.2 Å². The van der Waals surface area contributed by atoms with Gasteiger partial charge in [-0.05, 0) is 56.7 Å². The number of hydrogen-bond donors (Lipinski definition) is 2. The average Bonchev–Trinajstić information content (AvgIpc) is 2.83. The number of aryl methyl sites for hydroxylation is 2. The number of aromatic amines is 1. The van der Waals surface area contributed by atoms with E-state index in [9.17, 15) is 19.5 Å². The van der Waals surface area contributed by atoms with Gasteiger partial charge in [-0.15, -0.1) is 0 Å². The molecule has 0 spiro atoms. The lowest BCUT2D eigenvalue weighted by atomic mass is 9.79. The Morgan fingerprint density at radius 1 is 1.16 bits per heavy atom. The topological polar surface area (TPSA) is 103 Å². The summed E-state index contributed by atoms with van der Waals surface area (Å²) in [5.74, 6) is -0.139. The lowest BCUT2D eigenvalue weighted by molar-refractivity contribution is -0.162. The number of likely N-dealkylation sites (tertiary alicyclic amines) is 1. The van der Waals surface area contributed by atoms with Gasteiger partial charge in [0.2, 0.25) is 0 Å². The van der Waals surface area contributed by atoms with E-state index in [1.54, 1.807) is 15.9 Å². The molecule has 5 rings (SSSR count). The van der Waals surface area contributed by atoms with Crippen LogP contribution in [0.15, 0.2) is 16.9 Å². The summed E-state index contributed by atoms with van der Waals surface area (Å²) < 4.78 is 6.20. The number of piperidine rings is 1. The molecule has 2 fully saturated rings. The van der Waals surface area contributed by atoms with Crippen molar-refractivity contribution in [2.24, 2.45) is 0 Å². The van der Waals surface area contributed by atoms with Crippen LogP contribution in [0, 0.1) is 13.8 Å². The van der Waals surface area contributed by atoms with Gasteiger partial charge >= 0.3 is 0 Å². The molecular weight excluding hydrogens is 517 g/mol. The molecule has 37 heavy (non-hydrogen) atoms. The van der Waals surface area contributed by atoms with E-state index in [-0.39, 0.29) is 35.0 Å². The second-order valence-corrected chi connectivity index (χ2v) is 11.2. The van der Waals surface area contributed by atoms with Gasteiger partial charge in [0.25, 0.3) is 17.4 Å². The summed E-state index contributed by atoms with van der Waals surface area (Å²) in [5.41, 5.74) is 1.75. The summed E-state index contributed by atoms with van der Waals surface area (Å²) in [5, 5.41) is 11.0. The van der Waals surface area contributed by atoms with Gasteiger partial charge in [-0.3, -0.25) is 14.4 Å². The van der Waals surface area contributed by atoms with Crippen molar-refractivity contribution in [3.05, 3.63) is 60.5 Å². The normalized spacial score (nSPS) is 19.4. The summed E-state index contributed by atoms with van der Waals surface area (Å²) in [6.45, 7) is 5.26. The molecule has 0 atom stereocenters. The number of ether oxygens (including phenoxy) is 1. The van der Waals surface area contributed by atoms with Gasteiger partial charge in [-0.25, -0.2) is 0 Å². The van der Waals surface area contributed by atoms with Crippen LogP contribution in [-0.4, -0.2) is 63.0 Å². The smallest absolute Gasteiger partial charge is 0.256 e. The van der Waals surface area contributed by atoms with Gasteiger partial charge in [0.15, 0.2) is 0 Å². The fourth-order valence-electron chi connectivity index (χ4n) is 5.50. The van der Waals surface area contributed by atoms with Gasteiger partial charge < -0.3 is 24.6 Å². The number of rotatable bonds is 5. The zero-order valence-corrected chi connectivity index (χ0v) is 22.5. The highest BCUT2D eigenvalue weighted by Crippen LogP contribution is 2.40. The maximum absolute atomic E-state index is 13.5. The van der Waals surface area contributed by atoms with E-state index in [0.29, 0.717) is 79.2 Å². The van der Waals surface area contributed by atoms with Crippen molar-refractivity contribution in [1.82, 2.24) is 14.8 Å². The van der Waals surface area contributed by atoms with E-state index < -0.39 is 5.60 Å². The molecule has 10 heteroatoms. The van der Waals surface area contributed by atoms with Gasteiger partial charge in [-0.1, -0.05) is 23.2 Å². The molecule has 0 radical (unpaired) electrons. The highest BCUT2D eigenvalue weighted by molar-refractivity contribution is 6.38. The molecule has 3 heterocycles. The van der Waals surface area contributed by atoms with E-state index in [1.165, 1.54) is 0 Å². The van der Waals surface area contributed by atoms with E-state index in [4.69, 9.17) is 27.9 Å². The monoisotopic (exact) mass is 547 g/mol. The molecule has 1 aliphatic carbocycles. The van der Waals surface area contributed by atoms with Crippen LogP contribution in [-0.2, 0) is 17.8 Å². The third kappa shape index (κ3) is 4.87. The number of nitrogens with zero attached hydrogens (tertiary/aromatic N) is 2. The molecule has 0 bridgehead atoms. The van der Waals surface area contributed by atoms with Crippen molar-refractivity contribution < 1.29 is 19.4 Å². The fourth-order valence-corrected chi connectivity index (χ4v) is 6.08. The molecule has 2 amide bonds. The van der Waals surface area contributed by atoms with Crippen LogP contribution in [0.1, 0.15) is 64.8 Å². The molecule has 1 aromatic heterocycles. The first-order chi connectivity index (χ1) is 17.6. The number of amides is 2. The summed E-state index contributed by atoms with van der Waals surface area (Å²) in [7, 11) is 0. The molecule has 2 aliphatic heterocycles. The quantitative estimate of drug-likeness (QED) is 0.592. The van der Waals surface area contributed by atoms with Crippen molar-refractivity contribution >= 4 is 35.0 Å². The summed E-state index contributed by atoms with van der Waals surface area (Å²) in [4.78, 5) is 44.8. The number of hydrogen-bond acceptors (Lipinski definition) is 5. The summed E-state index contributed by atoms with van der Waals surface area (Å²) >= 11 is 13.3. The third-order valence-electron chi connectivity index (χ3n) is 7.86. The predicted molar refractivity (Wildman–Crippen MR) is 140 cm³/mol. The minimum Gasteiger partial charge on any atom is -0.489 e. The van der Waals surface area contributed by atoms with E-state index in [1.807, 2.05) is 19.9 Å². The number of aliphatic hydroxyl groups is 1. The van der Waals surface area contributed by atoms with Crippen LogP contribution in [0.25, 0.3) is 0 Å².